The molecule has 1 aromatic rings. The van der Waals surface area contributed by atoms with Crippen molar-refractivity contribution >= 4 is 5.91 Å². The molecule has 0 saturated carbocycles. The molecule has 2 atom stereocenters. The molecule has 4 heteroatoms. The van der Waals surface area contributed by atoms with Gasteiger partial charge in [0.1, 0.15) is 0 Å². The lowest BCUT2D eigenvalue weighted by Gasteiger charge is -2.50. The molecule has 1 spiro atoms. The van der Waals surface area contributed by atoms with E-state index in [1.807, 2.05) is 0 Å². The maximum absolute atomic E-state index is 12.7. The van der Waals surface area contributed by atoms with Gasteiger partial charge in [0.2, 0.25) is 5.91 Å². The Hall–Kier alpha value is -1.39. The van der Waals surface area contributed by atoms with Gasteiger partial charge in [-0.05, 0) is 74.9 Å². The van der Waals surface area contributed by atoms with Crippen molar-refractivity contribution in [2.24, 2.45) is 11.3 Å². The average molecular weight is 426 g/mol. The first kappa shape index (κ1) is 22.8. The van der Waals surface area contributed by atoms with Gasteiger partial charge in [-0.2, -0.15) is 0 Å². The standard InChI is InChI=1S/C27H43N3O/c1-23(2)12-18-29-19-13-25(10-11-26(29)31)30-17-7-15-27(22-30)14-6-16-28(21-27)20-24-8-4-3-5-9-24/h3-5,8-9,23,25H,6-7,10-22H2,1-2H3/t25-,27+/m0/s1. The number of hydrogen-bond acceptors (Lipinski definition) is 3. The largest absolute Gasteiger partial charge is 0.343 e. The molecular formula is C27H43N3O. The SMILES string of the molecule is CC(C)CCN1CC[C@@H](N2CCC[C@@]3(CCCN(Cc4ccccc4)C3)C2)CCC1=O. The highest BCUT2D eigenvalue weighted by Crippen LogP contribution is 2.40. The molecule has 0 bridgehead atoms. The zero-order valence-corrected chi connectivity index (χ0v) is 19.9. The molecule has 0 N–H and O–H groups in total. The Labute approximate surface area is 190 Å². The minimum Gasteiger partial charge on any atom is -0.343 e. The zero-order chi connectivity index (χ0) is 21.7. The van der Waals surface area contributed by atoms with E-state index >= 15 is 0 Å². The number of nitrogens with zero attached hydrogens (tertiary/aromatic N) is 3. The van der Waals surface area contributed by atoms with Gasteiger partial charge in [0, 0.05) is 45.2 Å². The van der Waals surface area contributed by atoms with Crippen molar-refractivity contribution < 1.29 is 4.79 Å². The van der Waals surface area contributed by atoms with E-state index in [1.165, 1.54) is 57.4 Å². The van der Waals surface area contributed by atoms with Crippen molar-refractivity contribution in [3.8, 4) is 0 Å². The summed E-state index contributed by atoms with van der Waals surface area (Å²) >= 11 is 0. The minimum absolute atomic E-state index is 0.390. The van der Waals surface area contributed by atoms with E-state index in [1.54, 1.807) is 0 Å². The van der Waals surface area contributed by atoms with Crippen LogP contribution in [0.15, 0.2) is 30.3 Å². The van der Waals surface area contributed by atoms with Gasteiger partial charge >= 0.3 is 0 Å². The van der Waals surface area contributed by atoms with Crippen LogP contribution in [0.5, 0.6) is 0 Å². The molecule has 4 nitrogen and oxygen atoms in total. The highest BCUT2D eigenvalue weighted by Gasteiger charge is 2.41. The summed E-state index contributed by atoms with van der Waals surface area (Å²) < 4.78 is 0. The second kappa shape index (κ2) is 10.5. The Bertz CT molecular complexity index is 702. The lowest BCUT2D eigenvalue weighted by atomic mass is 9.73. The molecular weight excluding hydrogens is 382 g/mol. The van der Waals surface area contributed by atoms with Crippen LogP contribution in [0.3, 0.4) is 0 Å². The van der Waals surface area contributed by atoms with Crippen LogP contribution in [0.4, 0.5) is 0 Å². The monoisotopic (exact) mass is 425 g/mol. The molecule has 0 aromatic heterocycles. The predicted molar refractivity (Wildman–Crippen MR) is 128 cm³/mol. The van der Waals surface area contributed by atoms with E-state index in [2.05, 4.69) is 58.9 Å². The number of carbonyl (C=O) groups is 1. The van der Waals surface area contributed by atoms with Crippen molar-refractivity contribution in [3.63, 3.8) is 0 Å². The van der Waals surface area contributed by atoms with E-state index in [9.17, 15) is 4.79 Å². The lowest BCUT2D eigenvalue weighted by molar-refractivity contribution is -0.130. The van der Waals surface area contributed by atoms with Gasteiger partial charge in [0.05, 0.1) is 0 Å². The highest BCUT2D eigenvalue weighted by molar-refractivity contribution is 5.76. The van der Waals surface area contributed by atoms with Gasteiger partial charge in [-0.1, -0.05) is 44.2 Å². The number of likely N-dealkylation sites (tertiary alicyclic amines) is 3. The molecule has 3 fully saturated rings. The lowest BCUT2D eigenvalue weighted by Crippen LogP contribution is -2.54. The summed E-state index contributed by atoms with van der Waals surface area (Å²) in [5.74, 6) is 1.06. The van der Waals surface area contributed by atoms with Crippen molar-refractivity contribution in [1.82, 2.24) is 14.7 Å². The fraction of sp³-hybridized carbons (Fsp3) is 0.741. The molecule has 3 aliphatic heterocycles. The van der Waals surface area contributed by atoms with Crippen molar-refractivity contribution in [2.75, 3.05) is 39.3 Å². The summed E-state index contributed by atoms with van der Waals surface area (Å²) in [4.78, 5) is 20.3. The van der Waals surface area contributed by atoms with Gasteiger partial charge in [0.25, 0.3) is 0 Å². The maximum Gasteiger partial charge on any atom is 0.222 e. The minimum atomic E-state index is 0.390. The third-order valence-electron chi connectivity index (χ3n) is 7.95. The Morgan fingerprint density at radius 3 is 2.55 bits per heavy atom. The van der Waals surface area contributed by atoms with Crippen LogP contribution in [-0.2, 0) is 11.3 Å². The summed E-state index contributed by atoms with van der Waals surface area (Å²) in [6, 6.07) is 11.6. The van der Waals surface area contributed by atoms with Gasteiger partial charge in [-0.25, -0.2) is 0 Å². The summed E-state index contributed by atoms with van der Waals surface area (Å²) in [6.45, 7) is 12.4. The summed E-state index contributed by atoms with van der Waals surface area (Å²) in [7, 11) is 0. The Morgan fingerprint density at radius 1 is 1.00 bits per heavy atom. The van der Waals surface area contributed by atoms with E-state index in [-0.39, 0.29) is 0 Å². The molecule has 172 valence electrons. The first-order chi connectivity index (χ1) is 15.0. The van der Waals surface area contributed by atoms with Crippen LogP contribution in [0, 0.1) is 11.3 Å². The Morgan fingerprint density at radius 2 is 1.77 bits per heavy atom. The number of piperidine rings is 2. The highest BCUT2D eigenvalue weighted by atomic mass is 16.2. The van der Waals surface area contributed by atoms with Crippen LogP contribution >= 0.6 is 0 Å². The van der Waals surface area contributed by atoms with Crippen LogP contribution in [-0.4, -0.2) is 65.9 Å². The summed E-state index contributed by atoms with van der Waals surface area (Å²) in [6.07, 6.45) is 9.48. The third kappa shape index (κ3) is 6.10. The van der Waals surface area contributed by atoms with Crippen LogP contribution in [0.2, 0.25) is 0 Å². The Kier molecular flexibility index (Phi) is 7.71. The quantitative estimate of drug-likeness (QED) is 0.655. The van der Waals surface area contributed by atoms with E-state index in [0.717, 1.165) is 45.3 Å². The number of amides is 1. The number of carbonyl (C=O) groups excluding carboxylic acids is 1. The molecule has 3 saturated heterocycles. The summed E-state index contributed by atoms with van der Waals surface area (Å²) in [5.41, 5.74) is 1.90. The van der Waals surface area contributed by atoms with Gasteiger partial charge in [-0.3, -0.25) is 14.6 Å². The van der Waals surface area contributed by atoms with Crippen LogP contribution in [0.1, 0.15) is 70.8 Å². The molecule has 0 radical (unpaired) electrons. The molecule has 0 unspecified atom stereocenters. The van der Waals surface area contributed by atoms with E-state index < -0.39 is 0 Å². The second-order valence-corrected chi connectivity index (χ2v) is 10.9. The fourth-order valence-corrected chi connectivity index (χ4v) is 6.22. The summed E-state index contributed by atoms with van der Waals surface area (Å²) in [5, 5.41) is 0. The molecule has 3 aliphatic rings. The van der Waals surface area contributed by atoms with Crippen molar-refractivity contribution in [2.45, 2.75) is 77.8 Å². The van der Waals surface area contributed by atoms with Crippen molar-refractivity contribution in [1.29, 1.82) is 0 Å². The average Bonchev–Trinajstić information content (AvgIpc) is 2.94. The maximum atomic E-state index is 12.7. The third-order valence-corrected chi connectivity index (χ3v) is 7.95. The smallest absolute Gasteiger partial charge is 0.222 e. The first-order valence-electron chi connectivity index (χ1n) is 12.8. The molecule has 31 heavy (non-hydrogen) atoms. The predicted octanol–water partition coefficient (Wildman–Crippen LogP) is 4.79. The van der Waals surface area contributed by atoms with Gasteiger partial charge in [-0.15, -0.1) is 0 Å². The second-order valence-electron chi connectivity index (χ2n) is 10.9. The van der Waals surface area contributed by atoms with Crippen LogP contribution in [0.25, 0.3) is 0 Å². The normalized spacial score (nSPS) is 28.9. The first-order valence-corrected chi connectivity index (χ1v) is 12.8. The molecule has 4 rings (SSSR count). The topological polar surface area (TPSA) is 26.8 Å². The van der Waals surface area contributed by atoms with Crippen molar-refractivity contribution in [3.05, 3.63) is 35.9 Å². The zero-order valence-electron chi connectivity index (χ0n) is 19.9. The number of hydrogen-bond donors (Lipinski definition) is 0. The molecule has 1 aromatic carbocycles. The van der Waals surface area contributed by atoms with Gasteiger partial charge < -0.3 is 4.90 Å². The molecule has 1 amide bonds. The molecule has 3 heterocycles. The molecule has 0 aliphatic carbocycles. The number of rotatable bonds is 6. The Balaban J connectivity index is 1.35. The fourth-order valence-electron chi connectivity index (χ4n) is 6.22. The van der Waals surface area contributed by atoms with Crippen LogP contribution < -0.4 is 0 Å². The van der Waals surface area contributed by atoms with Gasteiger partial charge in [0.15, 0.2) is 0 Å². The van der Waals surface area contributed by atoms with E-state index in [4.69, 9.17) is 0 Å². The number of benzene rings is 1. The van der Waals surface area contributed by atoms with E-state index in [0.29, 0.717) is 23.3 Å².